The van der Waals surface area contributed by atoms with Gasteiger partial charge >= 0.3 is 0 Å². The molecule has 1 fully saturated rings. The summed E-state index contributed by atoms with van der Waals surface area (Å²) in [5, 5.41) is 0. The van der Waals surface area contributed by atoms with Crippen molar-refractivity contribution in [3.8, 4) is 17.2 Å². The summed E-state index contributed by atoms with van der Waals surface area (Å²) in [7, 11) is 3.27. The molecule has 206 valence electrons. The number of benzene rings is 2. The summed E-state index contributed by atoms with van der Waals surface area (Å²) in [5.74, 6) is 1.91. The van der Waals surface area contributed by atoms with Crippen molar-refractivity contribution in [1.29, 1.82) is 0 Å². The van der Waals surface area contributed by atoms with Crippen LogP contribution in [0, 0.1) is 0 Å². The Kier molecular flexibility index (Phi) is 8.48. The summed E-state index contributed by atoms with van der Waals surface area (Å²) < 4.78 is 22.1. The molecule has 3 aromatic rings. The molecule has 0 radical (unpaired) electrons. The maximum atomic E-state index is 12.7. The highest BCUT2D eigenvalue weighted by atomic mass is 16.5. The zero-order chi connectivity index (χ0) is 27.2. The zero-order valence-electron chi connectivity index (χ0n) is 22.6. The number of ether oxygens (including phenoxy) is 3. The van der Waals surface area contributed by atoms with Gasteiger partial charge in [0.05, 0.1) is 20.8 Å². The summed E-state index contributed by atoms with van der Waals surface area (Å²) in [4.78, 5) is 31.7. The third kappa shape index (κ3) is 6.61. The average Bonchev–Trinajstić information content (AvgIpc) is 2.96. The predicted octanol–water partition coefficient (Wildman–Crippen LogP) is 2.94. The van der Waals surface area contributed by atoms with Crippen molar-refractivity contribution < 1.29 is 23.4 Å². The number of fused-ring (bicyclic) bond motifs is 1. The second-order valence-corrected chi connectivity index (χ2v) is 9.94. The fourth-order valence-electron chi connectivity index (χ4n) is 5.15. The van der Waals surface area contributed by atoms with E-state index in [4.69, 9.17) is 18.6 Å². The van der Waals surface area contributed by atoms with Gasteiger partial charge in [-0.3, -0.25) is 19.4 Å². The Morgan fingerprint density at radius 2 is 1.56 bits per heavy atom. The highest BCUT2D eigenvalue weighted by Gasteiger charge is 2.23. The lowest BCUT2D eigenvalue weighted by atomic mass is 9.98. The smallest absolute Gasteiger partial charge is 0.260 e. The minimum Gasteiger partial charge on any atom is -0.493 e. The van der Waals surface area contributed by atoms with Gasteiger partial charge in [-0.2, -0.15) is 0 Å². The Labute approximate surface area is 228 Å². The van der Waals surface area contributed by atoms with Crippen molar-refractivity contribution in [3.63, 3.8) is 0 Å². The van der Waals surface area contributed by atoms with Gasteiger partial charge in [0.15, 0.2) is 18.1 Å². The van der Waals surface area contributed by atoms with Crippen LogP contribution < -0.4 is 19.6 Å². The lowest BCUT2D eigenvalue weighted by Crippen LogP contribution is -2.49. The van der Waals surface area contributed by atoms with E-state index in [2.05, 4.69) is 21.9 Å². The lowest BCUT2D eigenvalue weighted by Gasteiger charge is -2.34. The molecule has 0 atom stereocenters. The molecule has 39 heavy (non-hydrogen) atoms. The molecule has 1 aromatic heterocycles. The third-order valence-electron chi connectivity index (χ3n) is 7.35. The molecule has 0 unspecified atom stereocenters. The predicted molar refractivity (Wildman–Crippen MR) is 146 cm³/mol. The van der Waals surface area contributed by atoms with E-state index in [0.717, 1.165) is 38.3 Å². The van der Waals surface area contributed by atoms with Crippen LogP contribution in [0.25, 0.3) is 0 Å². The van der Waals surface area contributed by atoms with Crippen LogP contribution in [-0.4, -0.2) is 74.2 Å². The highest BCUT2D eigenvalue weighted by Crippen LogP contribution is 2.33. The van der Waals surface area contributed by atoms with Gasteiger partial charge in [-0.25, -0.2) is 0 Å². The first kappa shape index (κ1) is 26.8. The van der Waals surface area contributed by atoms with Crippen LogP contribution >= 0.6 is 0 Å². The molecule has 3 heterocycles. The first-order valence-corrected chi connectivity index (χ1v) is 13.3. The molecule has 2 aliphatic rings. The van der Waals surface area contributed by atoms with E-state index in [-0.39, 0.29) is 23.7 Å². The number of amides is 1. The largest absolute Gasteiger partial charge is 0.493 e. The molecule has 1 amide bonds. The average molecular weight is 534 g/mol. The van der Waals surface area contributed by atoms with Crippen molar-refractivity contribution >= 4 is 5.91 Å². The van der Waals surface area contributed by atoms with Crippen LogP contribution in [0.15, 0.2) is 64.0 Å². The molecule has 1 saturated heterocycles. The maximum Gasteiger partial charge on any atom is 0.260 e. The van der Waals surface area contributed by atoms with Gasteiger partial charge < -0.3 is 23.5 Å². The number of methoxy groups -OCH3 is 2. The standard InChI is InChI=1S/C30H35N3O6/c1-36-27-14-23-8-9-32(18-24(23)15-28(27)37-2)19-25-16-26(34)29(20-38-25)39-21-30(35)33-12-10-31(11-13-33)17-22-6-4-3-5-7-22/h3-7,14-16,20H,8-13,17-19,21H2,1-2H3. The van der Waals surface area contributed by atoms with Gasteiger partial charge in [0.1, 0.15) is 12.0 Å². The first-order valence-electron chi connectivity index (χ1n) is 13.3. The molecular weight excluding hydrogens is 498 g/mol. The number of hydrogen-bond acceptors (Lipinski definition) is 8. The Bertz CT molecular complexity index is 1330. The first-order chi connectivity index (χ1) is 19.0. The van der Waals surface area contributed by atoms with Crippen LogP contribution in [0.4, 0.5) is 0 Å². The van der Waals surface area contributed by atoms with E-state index < -0.39 is 0 Å². The zero-order valence-corrected chi connectivity index (χ0v) is 22.6. The van der Waals surface area contributed by atoms with Crippen LogP contribution in [0.2, 0.25) is 0 Å². The van der Waals surface area contributed by atoms with Crippen molar-refractivity contribution in [2.45, 2.75) is 26.1 Å². The molecule has 0 bridgehead atoms. The number of carbonyl (C=O) groups excluding carboxylic acids is 1. The fraction of sp³-hybridized carbons (Fsp3) is 0.400. The van der Waals surface area contributed by atoms with E-state index in [1.165, 1.54) is 29.0 Å². The number of hydrogen-bond donors (Lipinski definition) is 0. The van der Waals surface area contributed by atoms with Gasteiger partial charge in [-0.1, -0.05) is 30.3 Å². The van der Waals surface area contributed by atoms with Crippen LogP contribution in [0.1, 0.15) is 22.5 Å². The van der Waals surface area contributed by atoms with Gasteiger partial charge in [-0.05, 0) is 35.2 Å². The van der Waals surface area contributed by atoms with Crippen molar-refractivity contribution in [1.82, 2.24) is 14.7 Å². The summed E-state index contributed by atoms with van der Waals surface area (Å²) in [6.07, 6.45) is 2.18. The van der Waals surface area contributed by atoms with E-state index in [1.54, 1.807) is 19.1 Å². The Hall–Kier alpha value is -3.82. The highest BCUT2D eigenvalue weighted by molar-refractivity contribution is 5.77. The number of nitrogens with zero attached hydrogens (tertiary/aromatic N) is 3. The minimum atomic E-state index is -0.291. The van der Waals surface area contributed by atoms with Gasteiger partial charge in [-0.15, -0.1) is 0 Å². The van der Waals surface area contributed by atoms with Crippen molar-refractivity contribution in [2.75, 3.05) is 53.6 Å². The molecular formula is C30H35N3O6. The summed E-state index contributed by atoms with van der Waals surface area (Å²) >= 11 is 0. The van der Waals surface area contributed by atoms with Gasteiger partial charge in [0, 0.05) is 51.9 Å². The van der Waals surface area contributed by atoms with E-state index in [1.807, 2.05) is 30.3 Å². The maximum absolute atomic E-state index is 12.7. The van der Waals surface area contributed by atoms with E-state index in [9.17, 15) is 9.59 Å². The summed E-state index contributed by atoms with van der Waals surface area (Å²) in [5.41, 5.74) is 3.37. The van der Waals surface area contributed by atoms with E-state index >= 15 is 0 Å². The number of carbonyl (C=O) groups is 1. The molecule has 9 heteroatoms. The molecule has 5 rings (SSSR count). The van der Waals surface area contributed by atoms with Crippen LogP contribution in [-0.2, 0) is 30.8 Å². The molecule has 9 nitrogen and oxygen atoms in total. The monoisotopic (exact) mass is 533 g/mol. The Morgan fingerprint density at radius 3 is 2.26 bits per heavy atom. The second kappa shape index (κ2) is 12.4. The lowest BCUT2D eigenvalue weighted by molar-refractivity contribution is -0.135. The second-order valence-electron chi connectivity index (χ2n) is 9.94. The van der Waals surface area contributed by atoms with Gasteiger partial charge in [0.25, 0.3) is 5.91 Å². The topological polar surface area (TPSA) is 84.7 Å². The number of rotatable bonds is 9. The minimum absolute atomic E-state index is 0.0515. The summed E-state index contributed by atoms with van der Waals surface area (Å²) in [6, 6.07) is 15.8. The molecule has 0 spiro atoms. The molecule has 2 aromatic carbocycles. The van der Waals surface area contributed by atoms with Gasteiger partial charge in [0.2, 0.25) is 11.2 Å². The number of piperazine rings is 1. The fourth-order valence-corrected chi connectivity index (χ4v) is 5.15. The molecule has 0 N–H and O–H groups in total. The molecule has 0 aliphatic carbocycles. The van der Waals surface area contributed by atoms with Crippen molar-refractivity contribution in [3.05, 3.63) is 87.5 Å². The quantitative estimate of drug-likeness (QED) is 0.415. The molecule has 0 saturated carbocycles. The van der Waals surface area contributed by atoms with Crippen LogP contribution in [0.5, 0.6) is 17.2 Å². The Balaban J connectivity index is 1.10. The molecule has 2 aliphatic heterocycles. The van der Waals surface area contributed by atoms with Crippen molar-refractivity contribution in [2.24, 2.45) is 0 Å². The Morgan fingerprint density at radius 1 is 0.846 bits per heavy atom. The van der Waals surface area contributed by atoms with Crippen LogP contribution in [0.3, 0.4) is 0 Å². The van der Waals surface area contributed by atoms with E-state index in [0.29, 0.717) is 37.7 Å². The SMILES string of the molecule is COc1cc2c(cc1OC)CN(Cc1cc(=O)c(OCC(=O)N3CCN(Cc4ccccc4)CC3)co1)CC2. The third-order valence-corrected chi connectivity index (χ3v) is 7.35. The summed E-state index contributed by atoms with van der Waals surface area (Å²) in [6.45, 7) is 5.62. The normalized spacial score (nSPS) is 16.0.